The molecule has 0 saturated carbocycles. The van der Waals surface area contributed by atoms with E-state index in [-0.39, 0.29) is 0 Å². The highest BCUT2D eigenvalue weighted by Crippen LogP contribution is 2.23. The second-order valence-electron chi connectivity index (χ2n) is 6.33. The molecule has 12 heteroatoms. The van der Waals surface area contributed by atoms with Crippen LogP contribution < -0.4 is 0 Å². The van der Waals surface area contributed by atoms with Gasteiger partial charge in [0.2, 0.25) is 0 Å². The van der Waals surface area contributed by atoms with E-state index in [1.165, 1.54) is 0 Å². The van der Waals surface area contributed by atoms with E-state index in [0.717, 1.165) is 0 Å². The van der Waals surface area contributed by atoms with Gasteiger partial charge in [0.1, 0.15) is 11.5 Å². The molecule has 10 nitrogen and oxygen atoms in total. The molecule has 0 spiro atoms. The summed E-state index contributed by atoms with van der Waals surface area (Å²) in [5.41, 5.74) is 3.13. The minimum atomic E-state index is -4.14. The average Bonchev–Trinajstić information content (AvgIpc) is 3.14. The van der Waals surface area contributed by atoms with Gasteiger partial charge in [-0.05, 0) is 35.4 Å². The summed E-state index contributed by atoms with van der Waals surface area (Å²) in [6.45, 7) is 0. The lowest BCUT2D eigenvalue weighted by molar-refractivity contribution is 0.479. The SMILES string of the molecule is O=S(=O)(O)Cc1ccc2nc(-c3nc4ccc(CS(=O)(=O)O)cc4[nH]3)[nH]c2c1. The Balaban J connectivity index is 1.71. The van der Waals surface area contributed by atoms with Crippen LogP contribution in [0.2, 0.25) is 0 Å². The maximum atomic E-state index is 11.0. The zero-order valence-electron chi connectivity index (χ0n) is 14.1. The zero-order chi connectivity index (χ0) is 20.1. The largest absolute Gasteiger partial charge is 0.335 e. The Hall–Kier alpha value is -2.80. The van der Waals surface area contributed by atoms with E-state index in [2.05, 4.69) is 19.9 Å². The van der Waals surface area contributed by atoms with E-state index in [4.69, 9.17) is 9.11 Å². The van der Waals surface area contributed by atoms with Crippen LogP contribution in [0.4, 0.5) is 0 Å². The number of benzene rings is 2. The zero-order valence-corrected chi connectivity index (χ0v) is 15.7. The first-order valence-electron chi connectivity index (χ1n) is 7.94. The van der Waals surface area contributed by atoms with E-state index in [0.29, 0.717) is 44.8 Å². The van der Waals surface area contributed by atoms with Gasteiger partial charge in [0.05, 0.1) is 22.1 Å². The Labute approximate surface area is 159 Å². The number of rotatable bonds is 5. The third kappa shape index (κ3) is 4.04. The van der Waals surface area contributed by atoms with Crippen LogP contribution >= 0.6 is 0 Å². The first kappa shape index (κ1) is 18.6. The van der Waals surface area contributed by atoms with Crippen molar-refractivity contribution in [2.45, 2.75) is 11.5 Å². The summed E-state index contributed by atoms with van der Waals surface area (Å²) in [4.78, 5) is 14.9. The molecule has 0 saturated heterocycles. The van der Waals surface area contributed by atoms with Crippen molar-refractivity contribution in [3.05, 3.63) is 47.5 Å². The van der Waals surface area contributed by atoms with Crippen molar-refractivity contribution in [2.75, 3.05) is 0 Å². The van der Waals surface area contributed by atoms with Crippen LogP contribution in [0, 0.1) is 0 Å². The standard InChI is InChI=1S/C16H14N4O6S2/c21-27(22,23)7-9-1-3-11-13(5-9)19-15(17-11)16-18-12-4-2-10(6-14(12)20-16)8-28(24,25)26/h1-6H,7-8H2,(H,17,19)(H,18,20)(H,21,22,23)(H,24,25,26). The summed E-state index contributed by atoms with van der Waals surface area (Å²) >= 11 is 0. The predicted octanol–water partition coefficient (Wildman–Crippen LogP) is 1.88. The summed E-state index contributed by atoms with van der Waals surface area (Å²) in [5, 5.41) is 0. The monoisotopic (exact) mass is 422 g/mol. The third-order valence-corrected chi connectivity index (χ3v) is 5.41. The average molecular weight is 422 g/mol. The molecule has 0 bridgehead atoms. The molecular weight excluding hydrogens is 408 g/mol. The Morgan fingerprint density at radius 1 is 0.714 bits per heavy atom. The first-order valence-corrected chi connectivity index (χ1v) is 11.2. The highest BCUT2D eigenvalue weighted by molar-refractivity contribution is 7.85. The van der Waals surface area contributed by atoms with Crippen LogP contribution in [0.15, 0.2) is 36.4 Å². The number of fused-ring (bicyclic) bond motifs is 2. The Bertz CT molecular complexity index is 1310. The van der Waals surface area contributed by atoms with Crippen LogP contribution in [0.3, 0.4) is 0 Å². The van der Waals surface area contributed by atoms with Crippen molar-refractivity contribution in [3.8, 4) is 11.6 Å². The lowest BCUT2D eigenvalue weighted by atomic mass is 10.2. The molecule has 0 amide bonds. The van der Waals surface area contributed by atoms with Gasteiger partial charge >= 0.3 is 0 Å². The molecule has 4 aromatic rings. The summed E-state index contributed by atoms with van der Waals surface area (Å²) in [6.07, 6.45) is 0. The van der Waals surface area contributed by atoms with Crippen LogP contribution in [-0.4, -0.2) is 45.9 Å². The summed E-state index contributed by atoms with van der Waals surface area (Å²) in [7, 11) is -8.28. The normalized spacial score (nSPS) is 12.8. The molecule has 28 heavy (non-hydrogen) atoms. The van der Waals surface area contributed by atoms with Gasteiger partial charge in [-0.1, -0.05) is 12.1 Å². The van der Waals surface area contributed by atoms with E-state index < -0.39 is 31.7 Å². The summed E-state index contributed by atoms with van der Waals surface area (Å²) < 4.78 is 62.1. The molecule has 0 aliphatic heterocycles. The molecule has 4 N–H and O–H groups in total. The van der Waals surface area contributed by atoms with Gasteiger partial charge in [-0.15, -0.1) is 0 Å². The number of H-pyrrole nitrogens is 2. The van der Waals surface area contributed by atoms with E-state index >= 15 is 0 Å². The van der Waals surface area contributed by atoms with Gasteiger partial charge in [0.25, 0.3) is 20.2 Å². The lowest BCUT2D eigenvalue weighted by Gasteiger charge is -1.97. The molecule has 0 aliphatic rings. The quantitative estimate of drug-likeness (QED) is 0.354. The molecule has 4 rings (SSSR count). The van der Waals surface area contributed by atoms with Gasteiger partial charge < -0.3 is 9.97 Å². The van der Waals surface area contributed by atoms with Crippen molar-refractivity contribution in [2.24, 2.45) is 0 Å². The van der Waals surface area contributed by atoms with Crippen molar-refractivity contribution in [1.29, 1.82) is 0 Å². The van der Waals surface area contributed by atoms with Crippen molar-refractivity contribution in [3.63, 3.8) is 0 Å². The molecular formula is C16H14N4O6S2. The van der Waals surface area contributed by atoms with Crippen molar-refractivity contribution >= 4 is 42.3 Å². The number of aromatic amines is 2. The Morgan fingerprint density at radius 2 is 1.11 bits per heavy atom. The number of imidazole rings is 2. The molecule has 2 aromatic carbocycles. The fourth-order valence-corrected chi connectivity index (χ4v) is 4.14. The van der Waals surface area contributed by atoms with Crippen LogP contribution in [0.5, 0.6) is 0 Å². The Morgan fingerprint density at radius 3 is 1.46 bits per heavy atom. The van der Waals surface area contributed by atoms with Gasteiger partial charge in [0.15, 0.2) is 11.6 Å². The smallest absolute Gasteiger partial charge is 0.269 e. The van der Waals surface area contributed by atoms with Crippen LogP contribution in [0.25, 0.3) is 33.7 Å². The summed E-state index contributed by atoms with van der Waals surface area (Å²) in [5.74, 6) is -0.185. The minimum absolute atomic E-state index is 0.407. The number of nitrogens with zero attached hydrogens (tertiary/aromatic N) is 2. The minimum Gasteiger partial charge on any atom is -0.335 e. The molecule has 0 radical (unpaired) electrons. The van der Waals surface area contributed by atoms with Crippen molar-refractivity contribution in [1.82, 2.24) is 19.9 Å². The molecule has 2 aromatic heterocycles. The summed E-state index contributed by atoms with van der Waals surface area (Å²) in [6, 6.07) is 9.52. The molecule has 0 aliphatic carbocycles. The molecule has 2 heterocycles. The second kappa shape index (κ2) is 6.38. The lowest BCUT2D eigenvalue weighted by Crippen LogP contribution is -2.01. The van der Waals surface area contributed by atoms with E-state index in [9.17, 15) is 16.8 Å². The van der Waals surface area contributed by atoms with Crippen LogP contribution in [-0.2, 0) is 31.7 Å². The number of hydrogen-bond acceptors (Lipinski definition) is 6. The highest BCUT2D eigenvalue weighted by Gasteiger charge is 2.14. The first-order chi connectivity index (χ1) is 13.1. The molecule has 0 unspecified atom stereocenters. The Kier molecular flexibility index (Phi) is 4.23. The second-order valence-corrected chi connectivity index (χ2v) is 9.23. The molecule has 0 fully saturated rings. The molecule has 0 atom stereocenters. The third-order valence-electron chi connectivity index (χ3n) is 4.02. The van der Waals surface area contributed by atoms with Gasteiger partial charge in [-0.3, -0.25) is 9.11 Å². The highest BCUT2D eigenvalue weighted by atomic mass is 32.2. The maximum absolute atomic E-state index is 11.0. The van der Waals surface area contributed by atoms with E-state index in [1.807, 2.05) is 0 Å². The number of hydrogen-bond donors (Lipinski definition) is 4. The van der Waals surface area contributed by atoms with Gasteiger partial charge in [-0.2, -0.15) is 16.8 Å². The van der Waals surface area contributed by atoms with Gasteiger partial charge in [-0.25, -0.2) is 9.97 Å². The maximum Gasteiger partial charge on any atom is 0.269 e. The molecule has 146 valence electrons. The van der Waals surface area contributed by atoms with Crippen LogP contribution in [0.1, 0.15) is 11.1 Å². The fraction of sp³-hybridized carbons (Fsp3) is 0.125. The van der Waals surface area contributed by atoms with E-state index in [1.54, 1.807) is 36.4 Å². The topological polar surface area (TPSA) is 166 Å². The number of nitrogens with one attached hydrogen (secondary N) is 2. The van der Waals surface area contributed by atoms with Crippen molar-refractivity contribution < 1.29 is 25.9 Å². The fourth-order valence-electron chi connectivity index (χ4n) is 2.94. The number of aromatic nitrogens is 4. The van der Waals surface area contributed by atoms with Gasteiger partial charge in [0, 0.05) is 0 Å². The predicted molar refractivity (Wildman–Crippen MR) is 102 cm³/mol.